The summed E-state index contributed by atoms with van der Waals surface area (Å²) < 4.78 is 21.0. The molecule has 57 heavy (non-hydrogen) atoms. The molecule has 0 aliphatic carbocycles. The molecule has 14 N–H and O–H groups in total. The summed E-state index contributed by atoms with van der Waals surface area (Å²) in [6.07, 6.45) is -4.89. The van der Waals surface area contributed by atoms with Gasteiger partial charge >= 0.3 is 34.4 Å². The number of rotatable bonds is 13. The maximum absolute atomic E-state index is 11.8. The Labute approximate surface area is 333 Å². The average Bonchev–Trinajstić information content (AvgIpc) is 3.50. The number of aliphatic hydroxyl groups is 4. The number of hydrogen-bond acceptors (Lipinski definition) is 17. The van der Waals surface area contributed by atoms with Gasteiger partial charge in [0.1, 0.15) is 31.0 Å². The minimum absolute atomic E-state index is 0. The largest absolute Gasteiger partial charge is 0.508 e. The Morgan fingerprint density at radius 2 is 1.19 bits per heavy atom. The standard InChI is InChI=1S/C15H26B2N4O8.C14H28B2N4O7.CH4/c1-7-5-9(19-14(20-16(3)25)21-17(4)26)11(18-8(2)22)13(28-7)12(23)10-6-27-15(24)29-10;1-7-5-9(18-14(19-15(3)25)20-16(4)26)11(17-8(2)22)13(27-7)12(24)10(23)6-21;/h5,9-13,23,25-26H,6H2,1-4H3,(H,18,22)(H2,19,20,21);5,9-13,21,23-26H,6H2,1-4H3,(H,17,22)(H2,18,19,20);1H4/t9?,10?,11-,12-,13-;9-,10?,11+,12+,13+;/m10./s1. The van der Waals surface area contributed by atoms with Crippen LogP contribution < -0.4 is 31.7 Å². The minimum Gasteiger partial charge on any atom is -0.490 e. The van der Waals surface area contributed by atoms with Gasteiger partial charge in [0, 0.05) is 13.8 Å². The van der Waals surface area contributed by atoms with Crippen LogP contribution in [0, 0.1) is 0 Å². The van der Waals surface area contributed by atoms with Gasteiger partial charge in [-0.1, -0.05) is 7.43 Å². The van der Waals surface area contributed by atoms with Crippen molar-refractivity contribution in [3.05, 3.63) is 23.7 Å². The monoisotopic (exact) mass is 814 g/mol. The number of cyclic esters (lactones) is 2. The molecule has 1 fully saturated rings. The average molecular weight is 814 g/mol. The van der Waals surface area contributed by atoms with Gasteiger partial charge in [-0.05, 0) is 53.3 Å². The first-order valence-electron chi connectivity index (χ1n) is 17.8. The highest BCUT2D eigenvalue weighted by molar-refractivity contribution is 6.53. The van der Waals surface area contributed by atoms with Gasteiger partial charge in [0.2, 0.25) is 11.8 Å². The fourth-order valence-corrected chi connectivity index (χ4v) is 5.78. The zero-order valence-electron chi connectivity index (χ0n) is 32.5. The Morgan fingerprint density at radius 1 is 0.772 bits per heavy atom. The molecule has 0 aromatic rings. The van der Waals surface area contributed by atoms with Gasteiger partial charge in [-0.3, -0.25) is 19.4 Å². The SMILES string of the molecule is C.CB(O)N=C(NB(C)O)NC1C=C(C)O[C@@H]([C@H](O)C2COC(=O)O2)[C@@H]1NC(C)=O.CB(O)N=C(NB(C)O)N[C@H]1C=C(C)O[C@@H]([C@H](O)C(O)CO)[C@@H]1NC(C)=O. The molecular formula is C30H58B4N8O15. The molecule has 23 nitrogen and oxygen atoms in total. The first-order valence-corrected chi connectivity index (χ1v) is 17.8. The molecule has 0 aromatic carbocycles. The smallest absolute Gasteiger partial charge is 0.490 e. The fraction of sp³-hybridized carbons (Fsp3) is 0.700. The third-order valence-electron chi connectivity index (χ3n) is 7.87. The molecule has 2 amide bonds. The van der Waals surface area contributed by atoms with E-state index in [2.05, 4.69) is 41.5 Å². The minimum atomic E-state index is -1.48. The van der Waals surface area contributed by atoms with E-state index in [1.54, 1.807) is 26.0 Å². The molecule has 320 valence electrons. The van der Waals surface area contributed by atoms with Crippen LogP contribution in [-0.4, -0.2) is 173 Å². The number of carbonyl (C=O) groups excluding carboxylic acids is 3. The Hall–Kier alpha value is -4.23. The van der Waals surface area contributed by atoms with Crippen molar-refractivity contribution in [2.24, 2.45) is 9.81 Å². The number of nitrogens with one attached hydrogen (secondary N) is 6. The molecule has 0 saturated carbocycles. The topological polar surface area (TPSA) is 347 Å². The van der Waals surface area contributed by atoms with Gasteiger partial charge < -0.3 is 91.2 Å². The summed E-state index contributed by atoms with van der Waals surface area (Å²) in [5.41, 5.74) is 0. The second kappa shape index (κ2) is 23.9. The quantitative estimate of drug-likeness (QED) is 0.0358. The van der Waals surface area contributed by atoms with Crippen molar-refractivity contribution in [2.45, 2.75) is 123 Å². The first-order chi connectivity index (χ1) is 26.1. The summed E-state index contributed by atoms with van der Waals surface area (Å²) in [6, 6.07) is -2.97. The zero-order chi connectivity index (χ0) is 42.4. The van der Waals surface area contributed by atoms with Crippen LogP contribution in [0.15, 0.2) is 33.5 Å². The van der Waals surface area contributed by atoms with Crippen LogP contribution in [-0.2, 0) is 28.5 Å². The van der Waals surface area contributed by atoms with Crippen molar-refractivity contribution in [1.29, 1.82) is 0 Å². The normalized spacial score (nSPS) is 25.8. The molecule has 0 bridgehead atoms. The van der Waals surface area contributed by atoms with E-state index in [1.165, 1.54) is 41.1 Å². The van der Waals surface area contributed by atoms with Gasteiger partial charge in [-0.2, -0.15) is 0 Å². The molecular weight excluding hydrogens is 756 g/mol. The Kier molecular flexibility index (Phi) is 21.3. The summed E-state index contributed by atoms with van der Waals surface area (Å²) >= 11 is 0. The molecule has 3 aliphatic rings. The van der Waals surface area contributed by atoms with Gasteiger partial charge in [-0.15, -0.1) is 0 Å². The van der Waals surface area contributed by atoms with Crippen LogP contribution in [0.1, 0.15) is 35.1 Å². The Balaban J connectivity index is 0.000000562. The highest BCUT2D eigenvalue weighted by atomic mass is 16.8. The van der Waals surface area contributed by atoms with Crippen molar-refractivity contribution >= 4 is 58.1 Å². The van der Waals surface area contributed by atoms with Crippen LogP contribution in [0.5, 0.6) is 0 Å². The third kappa shape index (κ3) is 17.0. The highest BCUT2D eigenvalue weighted by Gasteiger charge is 2.46. The van der Waals surface area contributed by atoms with E-state index in [-0.39, 0.29) is 31.9 Å². The molecule has 3 unspecified atom stereocenters. The number of nitrogens with zero attached hydrogens (tertiary/aromatic N) is 2. The summed E-state index contributed by atoms with van der Waals surface area (Å²) in [5, 5.41) is 94.7. The zero-order valence-corrected chi connectivity index (χ0v) is 32.5. The lowest BCUT2D eigenvalue weighted by Gasteiger charge is -2.41. The van der Waals surface area contributed by atoms with Crippen molar-refractivity contribution in [1.82, 2.24) is 31.7 Å². The Bertz CT molecular complexity index is 1440. The summed E-state index contributed by atoms with van der Waals surface area (Å²) in [5.74, 6) is 0.181. The summed E-state index contributed by atoms with van der Waals surface area (Å²) in [7, 11) is -4.08. The predicted molar refractivity (Wildman–Crippen MR) is 211 cm³/mol. The van der Waals surface area contributed by atoms with Crippen molar-refractivity contribution in [3.63, 3.8) is 0 Å². The lowest BCUT2D eigenvalue weighted by atomic mass is 9.87. The van der Waals surface area contributed by atoms with E-state index < -0.39 is 108 Å². The molecule has 0 aromatic heterocycles. The van der Waals surface area contributed by atoms with E-state index in [4.69, 9.17) is 24.1 Å². The van der Waals surface area contributed by atoms with Crippen LogP contribution in [0.2, 0.25) is 27.3 Å². The number of amides is 2. The first kappa shape index (κ1) is 50.8. The van der Waals surface area contributed by atoms with E-state index in [1.807, 2.05) is 0 Å². The molecule has 3 heterocycles. The van der Waals surface area contributed by atoms with E-state index in [0.29, 0.717) is 11.5 Å². The van der Waals surface area contributed by atoms with Crippen molar-refractivity contribution in [3.8, 4) is 0 Å². The predicted octanol–water partition coefficient (Wildman–Crippen LogP) is -4.92. The summed E-state index contributed by atoms with van der Waals surface area (Å²) in [6.45, 7) is 10.8. The second-order valence-corrected chi connectivity index (χ2v) is 13.3. The molecule has 1 saturated heterocycles. The van der Waals surface area contributed by atoms with Gasteiger partial charge in [0.15, 0.2) is 24.1 Å². The van der Waals surface area contributed by atoms with Gasteiger partial charge in [-0.25, -0.2) is 4.79 Å². The van der Waals surface area contributed by atoms with Crippen LogP contribution in [0.25, 0.3) is 0 Å². The van der Waals surface area contributed by atoms with Crippen molar-refractivity contribution < 1.29 is 73.9 Å². The van der Waals surface area contributed by atoms with Crippen LogP contribution in [0.3, 0.4) is 0 Å². The number of guanidine groups is 2. The lowest BCUT2D eigenvalue weighted by molar-refractivity contribution is -0.126. The van der Waals surface area contributed by atoms with Crippen molar-refractivity contribution in [2.75, 3.05) is 13.2 Å². The highest BCUT2D eigenvalue weighted by Crippen LogP contribution is 2.26. The van der Waals surface area contributed by atoms with Gasteiger partial charge in [0.05, 0.1) is 42.3 Å². The Morgan fingerprint density at radius 3 is 1.54 bits per heavy atom. The molecule has 27 heteroatoms. The number of hydrogen-bond donors (Lipinski definition) is 14. The van der Waals surface area contributed by atoms with Crippen LogP contribution >= 0.6 is 0 Å². The van der Waals surface area contributed by atoms with E-state index in [0.717, 1.165) is 0 Å². The molecule has 3 aliphatic heterocycles. The maximum Gasteiger partial charge on any atom is 0.508 e. The molecule has 10 atom stereocenters. The number of carbonyl (C=O) groups is 3. The maximum atomic E-state index is 11.8. The number of aliphatic hydroxyl groups excluding tert-OH is 4. The van der Waals surface area contributed by atoms with Crippen LogP contribution in [0.4, 0.5) is 4.79 Å². The number of allylic oxidation sites excluding steroid dienone is 2. The molecule has 0 spiro atoms. The summed E-state index contributed by atoms with van der Waals surface area (Å²) in [4.78, 5) is 42.5. The third-order valence-corrected chi connectivity index (χ3v) is 7.87. The fourth-order valence-electron chi connectivity index (χ4n) is 5.78. The number of ether oxygens (including phenoxy) is 4. The van der Waals surface area contributed by atoms with E-state index >= 15 is 0 Å². The van der Waals surface area contributed by atoms with E-state index in [9.17, 15) is 49.8 Å². The molecule has 3 rings (SSSR count). The molecule has 0 radical (unpaired) electrons. The van der Waals surface area contributed by atoms with Gasteiger partial charge in [0.25, 0.3) is 0 Å². The lowest BCUT2D eigenvalue weighted by Crippen LogP contribution is -2.64. The second-order valence-electron chi connectivity index (χ2n) is 13.3.